The lowest BCUT2D eigenvalue weighted by molar-refractivity contribution is -0.682. The molecule has 0 spiro atoms. The first-order valence-electron chi connectivity index (χ1n) is 7.52. The molecule has 0 aliphatic rings. The number of carbonyl (C=O) groups excluding carboxylic acids is 1. The van der Waals surface area contributed by atoms with E-state index in [1.165, 1.54) is 19.2 Å². The summed E-state index contributed by atoms with van der Waals surface area (Å²) in [5.41, 5.74) is 1.08. The summed E-state index contributed by atoms with van der Waals surface area (Å²) in [5, 5.41) is 15.6. The molecule has 2 rings (SSSR count). The summed E-state index contributed by atoms with van der Waals surface area (Å²) in [5.74, 6) is 0.0648. The molecular weight excluding hydrogens is 310 g/mol. The summed E-state index contributed by atoms with van der Waals surface area (Å²) in [6.07, 6.45) is 0. The van der Waals surface area contributed by atoms with Gasteiger partial charge in [0.15, 0.2) is 6.54 Å². The van der Waals surface area contributed by atoms with Gasteiger partial charge in [0.1, 0.15) is 17.5 Å². The van der Waals surface area contributed by atoms with E-state index in [2.05, 4.69) is 5.32 Å². The number of rotatable bonds is 7. The van der Waals surface area contributed by atoms with Gasteiger partial charge in [0, 0.05) is 5.56 Å². The van der Waals surface area contributed by atoms with Crippen LogP contribution in [0.25, 0.3) is 0 Å². The Balaban J connectivity index is 1.98. The monoisotopic (exact) mass is 330 g/mol. The Morgan fingerprint density at radius 1 is 1.29 bits per heavy atom. The number of ether oxygens (including phenoxy) is 1. The fourth-order valence-corrected chi connectivity index (χ4v) is 2.27. The summed E-state index contributed by atoms with van der Waals surface area (Å²) in [6.45, 7) is 2.16. The van der Waals surface area contributed by atoms with E-state index in [1.54, 1.807) is 6.07 Å². The average molecular weight is 330 g/mol. The zero-order chi connectivity index (χ0) is 17.5. The number of hydrogen-bond donors (Lipinski definition) is 2. The number of nitro benzene ring substituents is 1. The maximum atomic E-state index is 12.1. The van der Waals surface area contributed by atoms with Crippen molar-refractivity contribution in [2.45, 2.75) is 13.0 Å². The maximum Gasteiger partial charge on any atom is 0.296 e. The largest absolute Gasteiger partial charge is 0.496 e. The number of nitro groups is 1. The Hall–Kier alpha value is -2.93. The summed E-state index contributed by atoms with van der Waals surface area (Å²) >= 11 is 0. The minimum Gasteiger partial charge on any atom is -0.496 e. The zero-order valence-corrected chi connectivity index (χ0v) is 13.6. The Labute approximate surface area is 139 Å². The number of nitrogens with two attached hydrogens (primary N) is 1. The normalized spacial score (nSPS) is 11.6. The van der Waals surface area contributed by atoms with Gasteiger partial charge in [-0.1, -0.05) is 30.3 Å². The van der Waals surface area contributed by atoms with Crippen LogP contribution in [0.2, 0.25) is 0 Å². The number of benzene rings is 2. The van der Waals surface area contributed by atoms with Crippen LogP contribution in [0, 0.1) is 10.1 Å². The molecule has 1 amide bonds. The van der Waals surface area contributed by atoms with E-state index in [1.807, 2.05) is 42.6 Å². The highest BCUT2D eigenvalue weighted by Gasteiger charge is 2.18. The van der Waals surface area contributed by atoms with Gasteiger partial charge in [-0.2, -0.15) is 0 Å². The van der Waals surface area contributed by atoms with Crippen molar-refractivity contribution in [3.05, 3.63) is 64.2 Å². The summed E-state index contributed by atoms with van der Waals surface area (Å²) in [6, 6.07) is 14.2. The van der Waals surface area contributed by atoms with Gasteiger partial charge in [-0.25, -0.2) is 0 Å². The molecule has 0 aromatic heterocycles. The SMILES string of the molecule is COc1ccc(NC(=O)C[NH2+][C@H](C)c2ccccc2)c([N+](=O)[O-])c1. The van der Waals surface area contributed by atoms with Crippen LogP contribution in [-0.4, -0.2) is 24.5 Å². The van der Waals surface area contributed by atoms with E-state index < -0.39 is 4.92 Å². The van der Waals surface area contributed by atoms with Crippen molar-refractivity contribution in [1.29, 1.82) is 0 Å². The van der Waals surface area contributed by atoms with Crippen molar-refractivity contribution >= 4 is 17.3 Å². The predicted octanol–water partition coefficient (Wildman–Crippen LogP) is 1.87. The molecule has 2 aromatic carbocycles. The molecule has 1 atom stereocenters. The van der Waals surface area contributed by atoms with Gasteiger partial charge in [-0.15, -0.1) is 0 Å². The second kappa shape index (κ2) is 8.07. The zero-order valence-electron chi connectivity index (χ0n) is 13.6. The lowest BCUT2D eigenvalue weighted by atomic mass is 10.1. The number of quaternary nitrogens is 1. The number of amides is 1. The molecule has 0 aliphatic carbocycles. The van der Waals surface area contributed by atoms with Crippen molar-refractivity contribution in [1.82, 2.24) is 0 Å². The molecule has 0 aliphatic heterocycles. The molecule has 3 N–H and O–H groups in total. The third kappa shape index (κ3) is 4.53. The first-order valence-corrected chi connectivity index (χ1v) is 7.52. The van der Waals surface area contributed by atoms with Crippen LogP contribution >= 0.6 is 0 Å². The maximum absolute atomic E-state index is 12.1. The molecule has 7 heteroatoms. The summed E-state index contributed by atoms with van der Waals surface area (Å²) in [4.78, 5) is 22.6. The van der Waals surface area contributed by atoms with Gasteiger partial charge >= 0.3 is 0 Å². The van der Waals surface area contributed by atoms with E-state index in [0.717, 1.165) is 5.56 Å². The van der Waals surface area contributed by atoms with E-state index in [0.29, 0.717) is 5.75 Å². The minimum absolute atomic E-state index is 0.114. The highest BCUT2D eigenvalue weighted by Crippen LogP contribution is 2.28. The highest BCUT2D eigenvalue weighted by atomic mass is 16.6. The summed E-state index contributed by atoms with van der Waals surface area (Å²) < 4.78 is 4.97. The van der Waals surface area contributed by atoms with E-state index in [-0.39, 0.29) is 29.9 Å². The van der Waals surface area contributed by atoms with Gasteiger partial charge in [-0.05, 0) is 19.1 Å². The number of nitrogens with zero attached hydrogens (tertiary/aromatic N) is 1. The summed E-state index contributed by atoms with van der Waals surface area (Å²) in [7, 11) is 1.43. The standard InChI is InChI=1S/C17H19N3O4/c1-12(13-6-4-3-5-7-13)18-11-17(21)19-15-9-8-14(24-2)10-16(15)20(22)23/h3-10,12,18H,11H2,1-2H3,(H,19,21)/p+1/t12-/m1/s1. The smallest absolute Gasteiger partial charge is 0.296 e. The molecule has 0 radical (unpaired) electrons. The Morgan fingerprint density at radius 3 is 2.62 bits per heavy atom. The fraction of sp³-hybridized carbons (Fsp3) is 0.235. The Kier molecular flexibility index (Phi) is 5.86. The third-order valence-electron chi connectivity index (χ3n) is 3.66. The van der Waals surface area contributed by atoms with Crippen LogP contribution in [0.1, 0.15) is 18.5 Å². The Bertz CT molecular complexity index is 719. The van der Waals surface area contributed by atoms with Gasteiger partial charge in [0.2, 0.25) is 0 Å². The van der Waals surface area contributed by atoms with Crippen LogP contribution in [0.15, 0.2) is 48.5 Å². The molecule has 126 valence electrons. The number of anilines is 1. The van der Waals surface area contributed by atoms with Crippen molar-refractivity contribution in [2.24, 2.45) is 0 Å². The predicted molar refractivity (Wildman–Crippen MR) is 89.9 cm³/mol. The second-order valence-corrected chi connectivity index (χ2v) is 5.33. The van der Waals surface area contributed by atoms with Crippen molar-refractivity contribution in [3.63, 3.8) is 0 Å². The van der Waals surface area contributed by atoms with Crippen LogP contribution in [-0.2, 0) is 4.79 Å². The van der Waals surface area contributed by atoms with E-state index in [4.69, 9.17) is 4.74 Å². The van der Waals surface area contributed by atoms with Crippen LogP contribution in [0.5, 0.6) is 5.75 Å². The lowest BCUT2D eigenvalue weighted by Gasteiger charge is -2.11. The van der Waals surface area contributed by atoms with Gasteiger partial charge < -0.3 is 15.4 Å². The topological polar surface area (TPSA) is 98.1 Å². The highest BCUT2D eigenvalue weighted by molar-refractivity contribution is 5.93. The van der Waals surface area contributed by atoms with Gasteiger partial charge in [0.05, 0.1) is 18.1 Å². The lowest BCUT2D eigenvalue weighted by Crippen LogP contribution is -2.86. The number of methoxy groups -OCH3 is 1. The quantitative estimate of drug-likeness (QED) is 0.598. The van der Waals surface area contributed by atoms with Crippen LogP contribution < -0.4 is 15.4 Å². The molecule has 0 bridgehead atoms. The van der Waals surface area contributed by atoms with Crippen molar-refractivity contribution in [3.8, 4) is 5.75 Å². The second-order valence-electron chi connectivity index (χ2n) is 5.33. The number of hydrogen-bond acceptors (Lipinski definition) is 4. The van der Waals surface area contributed by atoms with Crippen molar-refractivity contribution < 1.29 is 19.8 Å². The average Bonchev–Trinajstić information content (AvgIpc) is 2.60. The molecule has 0 fully saturated rings. The molecule has 0 saturated carbocycles. The van der Waals surface area contributed by atoms with E-state index >= 15 is 0 Å². The first-order chi connectivity index (χ1) is 11.5. The molecule has 0 unspecified atom stereocenters. The Morgan fingerprint density at radius 2 is 2.00 bits per heavy atom. The molecule has 2 aromatic rings. The van der Waals surface area contributed by atoms with Gasteiger partial charge in [0.25, 0.3) is 11.6 Å². The molecule has 0 saturated heterocycles. The van der Waals surface area contributed by atoms with Crippen molar-refractivity contribution in [2.75, 3.05) is 19.0 Å². The molecular formula is C17H20N3O4+. The minimum atomic E-state index is -0.547. The molecule has 24 heavy (non-hydrogen) atoms. The van der Waals surface area contributed by atoms with Crippen LogP contribution in [0.4, 0.5) is 11.4 Å². The fourth-order valence-electron chi connectivity index (χ4n) is 2.27. The molecule has 7 nitrogen and oxygen atoms in total. The molecule has 0 heterocycles. The first kappa shape index (κ1) is 17.4. The van der Waals surface area contributed by atoms with Crippen LogP contribution in [0.3, 0.4) is 0 Å². The van der Waals surface area contributed by atoms with E-state index in [9.17, 15) is 14.9 Å². The number of nitrogens with one attached hydrogen (secondary N) is 1. The van der Waals surface area contributed by atoms with Gasteiger partial charge in [-0.3, -0.25) is 14.9 Å². The third-order valence-corrected chi connectivity index (χ3v) is 3.66. The number of carbonyl (C=O) groups is 1.